The van der Waals surface area contributed by atoms with E-state index in [9.17, 15) is 24.5 Å². The van der Waals surface area contributed by atoms with Crippen LogP contribution in [0.4, 0.5) is 11.4 Å². The highest BCUT2D eigenvalue weighted by molar-refractivity contribution is 6.30. The lowest BCUT2D eigenvalue weighted by atomic mass is 10.1. The molecule has 0 radical (unpaired) electrons. The SMILES string of the molecule is O=C(Nc1ccc(C(=O)/C=C/c2cccc(Cl)c2)cc1)/C(=C/c1ccc([N+](=O)[O-])cc1)NC(=O)c1ccccc1. The van der Waals surface area contributed by atoms with Crippen LogP contribution in [0.3, 0.4) is 0 Å². The molecule has 4 aromatic carbocycles. The third kappa shape index (κ3) is 7.59. The monoisotopic (exact) mass is 551 g/mol. The first kappa shape index (κ1) is 27.7. The average molecular weight is 552 g/mol. The molecule has 0 aliphatic heterocycles. The maximum absolute atomic E-state index is 13.2. The lowest BCUT2D eigenvalue weighted by Gasteiger charge is -2.12. The summed E-state index contributed by atoms with van der Waals surface area (Å²) < 4.78 is 0. The van der Waals surface area contributed by atoms with Gasteiger partial charge in [-0.15, -0.1) is 0 Å². The minimum absolute atomic E-state index is 0.0766. The third-order valence-electron chi connectivity index (χ3n) is 5.65. The Morgan fingerprint density at radius 1 is 0.775 bits per heavy atom. The molecule has 0 aliphatic rings. The number of nitro benzene ring substituents is 1. The number of allylic oxidation sites excluding steroid dienone is 1. The second-order valence-electron chi connectivity index (χ2n) is 8.51. The zero-order valence-electron chi connectivity index (χ0n) is 20.9. The fraction of sp³-hybridized carbons (Fsp3) is 0. The van der Waals surface area contributed by atoms with Crippen LogP contribution < -0.4 is 10.6 Å². The number of nitrogens with one attached hydrogen (secondary N) is 2. The number of rotatable bonds is 9. The largest absolute Gasteiger partial charge is 0.321 e. The molecule has 8 nitrogen and oxygen atoms in total. The first-order valence-corrected chi connectivity index (χ1v) is 12.4. The number of nitro groups is 1. The van der Waals surface area contributed by atoms with E-state index >= 15 is 0 Å². The summed E-state index contributed by atoms with van der Waals surface area (Å²) in [5.41, 5.74) is 2.23. The highest BCUT2D eigenvalue weighted by Gasteiger charge is 2.16. The van der Waals surface area contributed by atoms with Gasteiger partial charge in [0.1, 0.15) is 5.70 Å². The summed E-state index contributed by atoms with van der Waals surface area (Å²) >= 11 is 5.98. The smallest absolute Gasteiger partial charge is 0.272 e. The lowest BCUT2D eigenvalue weighted by Crippen LogP contribution is -2.30. The van der Waals surface area contributed by atoms with Crippen molar-refractivity contribution < 1.29 is 19.3 Å². The summed E-state index contributed by atoms with van der Waals surface area (Å²) in [5, 5.41) is 16.8. The van der Waals surface area contributed by atoms with Crippen LogP contribution >= 0.6 is 11.6 Å². The Bertz CT molecular complexity index is 1610. The van der Waals surface area contributed by atoms with Gasteiger partial charge in [-0.25, -0.2) is 0 Å². The van der Waals surface area contributed by atoms with Gasteiger partial charge in [0.15, 0.2) is 5.78 Å². The molecule has 0 fully saturated rings. The Balaban J connectivity index is 1.51. The van der Waals surface area contributed by atoms with Crippen molar-refractivity contribution in [3.8, 4) is 0 Å². The quantitative estimate of drug-likeness (QED) is 0.106. The number of nitrogens with zero attached hydrogens (tertiary/aromatic N) is 1. The summed E-state index contributed by atoms with van der Waals surface area (Å²) in [7, 11) is 0. The minimum Gasteiger partial charge on any atom is -0.321 e. The molecule has 0 unspecified atom stereocenters. The van der Waals surface area contributed by atoms with Gasteiger partial charge in [-0.3, -0.25) is 24.5 Å². The van der Waals surface area contributed by atoms with Crippen LogP contribution in [0.5, 0.6) is 0 Å². The second-order valence-corrected chi connectivity index (χ2v) is 8.95. The van der Waals surface area contributed by atoms with E-state index in [2.05, 4.69) is 10.6 Å². The van der Waals surface area contributed by atoms with Crippen LogP contribution in [0.25, 0.3) is 12.2 Å². The van der Waals surface area contributed by atoms with Crippen molar-refractivity contribution in [2.45, 2.75) is 0 Å². The number of halogens is 1. The number of carbonyl (C=O) groups is 3. The summed E-state index contributed by atoms with van der Waals surface area (Å²) in [6.45, 7) is 0. The van der Waals surface area contributed by atoms with Gasteiger partial charge < -0.3 is 10.6 Å². The number of amides is 2. The van der Waals surface area contributed by atoms with Gasteiger partial charge >= 0.3 is 0 Å². The highest BCUT2D eigenvalue weighted by atomic mass is 35.5. The summed E-state index contributed by atoms with van der Waals surface area (Å²) in [5.74, 6) is -1.36. The predicted octanol–water partition coefficient (Wildman–Crippen LogP) is 6.55. The fourth-order valence-corrected chi connectivity index (χ4v) is 3.79. The maximum atomic E-state index is 13.2. The fourth-order valence-electron chi connectivity index (χ4n) is 3.60. The molecule has 0 saturated heterocycles. The predicted molar refractivity (Wildman–Crippen MR) is 155 cm³/mol. The number of hydrogen-bond donors (Lipinski definition) is 2. The van der Waals surface area contributed by atoms with E-state index in [0.29, 0.717) is 27.4 Å². The standard InChI is InChI=1S/C31H22ClN3O5/c32-25-8-4-5-21(19-25)11-18-29(36)23-12-14-26(15-13-23)33-31(38)28(34-30(37)24-6-2-1-3-7-24)20-22-9-16-27(17-10-22)35(39)40/h1-20H,(H,33,38)(H,34,37)/b18-11+,28-20-. The maximum Gasteiger partial charge on any atom is 0.272 e. The first-order chi connectivity index (χ1) is 19.3. The van der Waals surface area contributed by atoms with E-state index in [1.807, 2.05) is 6.07 Å². The van der Waals surface area contributed by atoms with Gasteiger partial charge in [-0.2, -0.15) is 0 Å². The molecule has 0 aliphatic carbocycles. The number of anilines is 1. The molecule has 0 bridgehead atoms. The number of benzene rings is 4. The number of hydrogen-bond acceptors (Lipinski definition) is 5. The van der Waals surface area contributed by atoms with Gasteiger partial charge in [0.05, 0.1) is 4.92 Å². The van der Waals surface area contributed by atoms with Crippen molar-refractivity contribution in [2.75, 3.05) is 5.32 Å². The Labute approximate surface area is 234 Å². The molecule has 4 rings (SSSR count). The summed E-state index contributed by atoms with van der Waals surface area (Å²) in [4.78, 5) is 49.0. The number of ketones is 1. The third-order valence-corrected chi connectivity index (χ3v) is 5.88. The summed E-state index contributed by atoms with van der Waals surface area (Å²) in [6.07, 6.45) is 4.51. The molecule has 2 amide bonds. The average Bonchev–Trinajstić information content (AvgIpc) is 2.96. The van der Waals surface area contributed by atoms with Crippen molar-refractivity contribution in [1.29, 1.82) is 0 Å². The van der Waals surface area contributed by atoms with Gasteiger partial charge in [0, 0.05) is 34.0 Å². The Morgan fingerprint density at radius 3 is 2.12 bits per heavy atom. The van der Waals surface area contributed by atoms with Crippen molar-refractivity contribution in [3.63, 3.8) is 0 Å². The molecule has 0 saturated carbocycles. The van der Waals surface area contributed by atoms with E-state index in [4.69, 9.17) is 11.6 Å². The zero-order chi connectivity index (χ0) is 28.5. The van der Waals surface area contributed by atoms with Crippen LogP contribution in [0.2, 0.25) is 5.02 Å². The van der Waals surface area contributed by atoms with Crippen LogP contribution in [0.1, 0.15) is 31.8 Å². The normalized spacial score (nSPS) is 11.2. The molecule has 0 heterocycles. The van der Waals surface area contributed by atoms with Gasteiger partial charge in [-0.1, -0.05) is 48.0 Å². The zero-order valence-corrected chi connectivity index (χ0v) is 21.7. The van der Waals surface area contributed by atoms with E-state index in [1.165, 1.54) is 36.4 Å². The Kier molecular flexibility index (Phi) is 8.96. The Hall–Kier alpha value is -5.34. The lowest BCUT2D eigenvalue weighted by molar-refractivity contribution is -0.384. The molecule has 0 atom stereocenters. The van der Waals surface area contributed by atoms with Crippen molar-refractivity contribution in [2.24, 2.45) is 0 Å². The molecule has 0 spiro atoms. The molecule has 2 N–H and O–H groups in total. The second kappa shape index (κ2) is 12.9. The molecular weight excluding hydrogens is 530 g/mol. The summed E-state index contributed by atoms with van der Waals surface area (Å²) in [6, 6.07) is 27.3. The number of non-ortho nitro benzene ring substituents is 1. The van der Waals surface area contributed by atoms with E-state index in [1.54, 1.807) is 78.9 Å². The molecule has 198 valence electrons. The van der Waals surface area contributed by atoms with Crippen molar-refractivity contribution in [1.82, 2.24) is 5.32 Å². The van der Waals surface area contributed by atoms with Crippen molar-refractivity contribution >= 4 is 52.7 Å². The van der Waals surface area contributed by atoms with Crippen LogP contribution in [0.15, 0.2) is 115 Å². The van der Waals surface area contributed by atoms with Crippen LogP contribution in [0, 0.1) is 10.1 Å². The van der Waals surface area contributed by atoms with Gasteiger partial charge in [-0.05, 0) is 83.9 Å². The topological polar surface area (TPSA) is 118 Å². The molecule has 40 heavy (non-hydrogen) atoms. The molecule has 0 aromatic heterocycles. The number of carbonyl (C=O) groups excluding carboxylic acids is 3. The molecular formula is C31H22ClN3O5. The van der Waals surface area contributed by atoms with Crippen molar-refractivity contribution in [3.05, 3.63) is 152 Å². The van der Waals surface area contributed by atoms with E-state index < -0.39 is 16.7 Å². The van der Waals surface area contributed by atoms with Gasteiger partial charge in [0.2, 0.25) is 0 Å². The Morgan fingerprint density at radius 2 is 1.48 bits per heavy atom. The first-order valence-electron chi connectivity index (χ1n) is 12.0. The van der Waals surface area contributed by atoms with Crippen LogP contribution in [-0.2, 0) is 4.79 Å². The minimum atomic E-state index is -0.623. The highest BCUT2D eigenvalue weighted by Crippen LogP contribution is 2.17. The van der Waals surface area contributed by atoms with Crippen LogP contribution in [-0.4, -0.2) is 22.5 Å². The molecule has 9 heteroatoms. The van der Waals surface area contributed by atoms with Gasteiger partial charge in [0.25, 0.3) is 17.5 Å². The van der Waals surface area contributed by atoms with E-state index in [-0.39, 0.29) is 17.2 Å². The van der Waals surface area contributed by atoms with E-state index in [0.717, 1.165) is 5.56 Å². The molecule has 4 aromatic rings.